The molecule has 0 aliphatic rings. The normalized spacial score (nSPS) is 12.1. The van der Waals surface area contributed by atoms with E-state index >= 15 is 0 Å². The molecule has 0 radical (unpaired) electrons. The van der Waals surface area contributed by atoms with Crippen LogP contribution in [0.2, 0.25) is 20.1 Å². The number of hydrogen-bond donors (Lipinski definition) is 0. The lowest BCUT2D eigenvalue weighted by Gasteiger charge is -2.12. The first-order chi connectivity index (χ1) is 23.1. The van der Waals surface area contributed by atoms with E-state index in [1.165, 1.54) is 32.7 Å². The van der Waals surface area contributed by atoms with E-state index in [9.17, 15) is 9.59 Å². The molecule has 0 fully saturated rings. The van der Waals surface area contributed by atoms with E-state index in [1.807, 2.05) is 12.1 Å². The fourth-order valence-electron chi connectivity index (χ4n) is 5.75. The van der Waals surface area contributed by atoms with Crippen LogP contribution in [0.15, 0.2) is 70.3 Å². The van der Waals surface area contributed by atoms with Gasteiger partial charge in [-0.1, -0.05) is 69.9 Å². The molecule has 0 aliphatic heterocycles. The third-order valence-corrected chi connectivity index (χ3v) is 10.2. The van der Waals surface area contributed by atoms with E-state index in [0.717, 1.165) is 0 Å². The minimum atomic E-state index is -0.292. The lowest BCUT2D eigenvalue weighted by molar-refractivity contribution is 0.324. The van der Waals surface area contributed by atoms with Crippen LogP contribution in [0.4, 0.5) is 0 Å². The van der Waals surface area contributed by atoms with Gasteiger partial charge in [0.2, 0.25) is 5.75 Å². The Morgan fingerprint density at radius 1 is 0.729 bits per heavy atom. The van der Waals surface area contributed by atoms with Crippen molar-refractivity contribution >= 4 is 90.8 Å². The summed E-state index contributed by atoms with van der Waals surface area (Å²) in [6.07, 6.45) is 1.75. The van der Waals surface area contributed by atoms with Crippen molar-refractivity contribution < 1.29 is 14.2 Å². The van der Waals surface area contributed by atoms with Crippen molar-refractivity contribution in [2.45, 2.75) is 13.1 Å². The summed E-state index contributed by atoms with van der Waals surface area (Å²) >= 11 is 26.6. The Labute approximate surface area is 296 Å². The number of halogens is 4. The van der Waals surface area contributed by atoms with Gasteiger partial charge in [-0.15, -0.1) is 0 Å². The summed E-state index contributed by atoms with van der Waals surface area (Å²) in [6, 6.07) is 17.5. The number of thiazole rings is 1. The topological polar surface area (TPSA) is 89.0 Å². The quantitative estimate of drug-likeness (QED) is 0.162. The standard InChI is InChI=1S/C34H24Cl4N4O5S/c1-45-28-8-17(9-29(46-2)31(28)47-3)10-30-32(43)42-25-14-27-26(13-24(25)39-33(42)48-30)40(15-18-4-6-20(35)11-22(18)37)34(44)41(27)16-19-5-7-21(36)12-23(19)38/h4-14H,15-16H2,1-3H3/b30-10+. The maximum Gasteiger partial charge on any atom is 0.329 e. The summed E-state index contributed by atoms with van der Waals surface area (Å²) in [7, 11) is 4.59. The Kier molecular flexibility index (Phi) is 8.55. The van der Waals surface area contributed by atoms with E-state index in [2.05, 4.69) is 0 Å². The number of imidazole rings is 2. The van der Waals surface area contributed by atoms with E-state index in [0.29, 0.717) is 85.6 Å². The van der Waals surface area contributed by atoms with Crippen LogP contribution in [0.3, 0.4) is 0 Å². The Hall–Kier alpha value is -4.19. The predicted molar refractivity (Wildman–Crippen MR) is 193 cm³/mol. The second kappa shape index (κ2) is 12.7. The third-order valence-electron chi connectivity index (χ3n) is 8.05. The molecular formula is C34H24Cl4N4O5S. The van der Waals surface area contributed by atoms with Crippen LogP contribution in [-0.2, 0) is 13.1 Å². The van der Waals surface area contributed by atoms with Gasteiger partial charge < -0.3 is 14.2 Å². The second-order valence-electron chi connectivity index (χ2n) is 10.9. The van der Waals surface area contributed by atoms with Crippen LogP contribution in [0, 0.1) is 0 Å². The molecular weight excluding hydrogens is 718 g/mol. The van der Waals surface area contributed by atoms with Gasteiger partial charge in [0, 0.05) is 20.1 Å². The summed E-state index contributed by atoms with van der Waals surface area (Å²) < 4.78 is 21.7. The van der Waals surface area contributed by atoms with E-state index in [1.54, 1.807) is 68.1 Å². The number of ether oxygens (including phenoxy) is 3. The van der Waals surface area contributed by atoms with Crippen molar-refractivity contribution in [1.82, 2.24) is 18.5 Å². The van der Waals surface area contributed by atoms with E-state index in [4.69, 9.17) is 65.6 Å². The van der Waals surface area contributed by atoms with E-state index < -0.39 is 0 Å². The van der Waals surface area contributed by atoms with Crippen LogP contribution in [0.5, 0.6) is 17.2 Å². The molecule has 244 valence electrons. The van der Waals surface area contributed by atoms with Gasteiger partial charge in [-0.25, -0.2) is 14.2 Å². The highest BCUT2D eigenvalue weighted by atomic mass is 35.5. The maximum atomic E-state index is 14.1. The molecule has 0 unspecified atom stereocenters. The Morgan fingerprint density at radius 3 is 1.81 bits per heavy atom. The molecule has 0 saturated heterocycles. The van der Waals surface area contributed by atoms with E-state index in [-0.39, 0.29) is 24.3 Å². The SMILES string of the molecule is COc1cc(/C=c2/sc3nc4cc5c(cc4n3c2=O)n(Cc2ccc(Cl)cc2Cl)c(=O)n5Cc2ccc(Cl)cc2Cl)cc(OC)c1OC. The lowest BCUT2D eigenvalue weighted by atomic mass is 10.1. The highest BCUT2D eigenvalue weighted by molar-refractivity contribution is 7.15. The van der Waals surface area contributed by atoms with Gasteiger partial charge in [-0.2, -0.15) is 0 Å². The number of nitrogens with zero attached hydrogens (tertiary/aromatic N) is 4. The predicted octanol–water partition coefficient (Wildman–Crippen LogP) is 7.31. The minimum absolute atomic E-state index is 0.161. The van der Waals surface area contributed by atoms with Gasteiger partial charge >= 0.3 is 5.69 Å². The van der Waals surface area contributed by atoms with Gasteiger partial charge in [0.1, 0.15) is 0 Å². The van der Waals surface area contributed by atoms with Crippen LogP contribution >= 0.6 is 57.7 Å². The Bertz CT molecular complexity index is 2570. The summed E-state index contributed by atoms with van der Waals surface area (Å²) in [4.78, 5) is 33.3. The zero-order valence-corrected chi connectivity index (χ0v) is 29.4. The molecule has 4 aromatic carbocycles. The van der Waals surface area contributed by atoms with Crippen molar-refractivity contribution in [2.75, 3.05) is 21.3 Å². The monoisotopic (exact) mass is 740 g/mol. The second-order valence-corrected chi connectivity index (χ2v) is 13.6. The highest BCUT2D eigenvalue weighted by Crippen LogP contribution is 2.38. The molecule has 14 heteroatoms. The summed E-state index contributed by atoms with van der Waals surface area (Å²) in [5.74, 6) is 1.38. The number of aromatic nitrogens is 4. The van der Waals surface area contributed by atoms with Crippen molar-refractivity contribution in [2.24, 2.45) is 0 Å². The first-order valence-corrected chi connectivity index (χ1v) is 16.7. The van der Waals surface area contributed by atoms with Crippen LogP contribution in [0.25, 0.3) is 33.1 Å². The average molecular weight is 742 g/mol. The zero-order valence-electron chi connectivity index (χ0n) is 25.5. The number of methoxy groups -OCH3 is 3. The summed E-state index contributed by atoms with van der Waals surface area (Å²) in [5.41, 5.74) is 3.87. The maximum absolute atomic E-state index is 14.1. The van der Waals surface area contributed by atoms with Crippen LogP contribution in [0.1, 0.15) is 16.7 Å². The fourth-order valence-corrected chi connectivity index (χ4v) is 7.68. The first-order valence-electron chi connectivity index (χ1n) is 14.4. The molecule has 0 N–H and O–H groups in total. The Balaban J connectivity index is 1.43. The minimum Gasteiger partial charge on any atom is -0.493 e. The summed E-state index contributed by atoms with van der Waals surface area (Å²) in [5, 5.41) is 1.84. The molecule has 3 heterocycles. The first kappa shape index (κ1) is 32.4. The average Bonchev–Trinajstić information content (AvgIpc) is 3.65. The lowest BCUT2D eigenvalue weighted by Crippen LogP contribution is -2.25. The third kappa shape index (κ3) is 5.57. The molecule has 3 aromatic heterocycles. The molecule has 0 bridgehead atoms. The number of rotatable bonds is 8. The number of benzene rings is 4. The Morgan fingerprint density at radius 2 is 1.29 bits per heavy atom. The van der Waals surface area contributed by atoms with Crippen LogP contribution < -0.4 is 30.0 Å². The van der Waals surface area contributed by atoms with Gasteiger partial charge in [0.05, 0.1) is 61.0 Å². The van der Waals surface area contributed by atoms with Gasteiger partial charge in [0.15, 0.2) is 16.5 Å². The molecule has 7 rings (SSSR count). The van der Waals surface area contributed by atoms with Gasteiger partial charge in [0.25, 0.3) is 5.56 Å². The highest BCUT2D eigenvalue weighted by Gasteiger charge is 2.21. The molecule has 7 aromatic rings. The molecule has 0 atom stereocenters. The number of fused-ring (bicyclic) bond motifs is 4. The molecule has 0 saturated carbocycles. The van der Waals surface area contributed by atoms with Crippen molar-refractivity contribution in [1.29, 1.82) is 0 Å². The van der Waals surface area contributed by atoms with Gasteiger partial charge in [-0.05, 0) is 71.3 Å². The molecule has 0 aliphatic carbocycles. The van der Waals surface area contributed by atoms with Gasteiger partial charge in [-0.3, -0.25) is 13.9 Å². The largest absolute Gasteiger partial charge is 0.493 e. The van der Waals surface area contributed by atoms with Crippen molar-refractivity contribution in [3.63, 3.8) is 0 Å². The smallest absolute Gasteiger partial charge is 0.329 e. The van der Waals surface area contributed by atoms with Crippen LogP contribution in [-0.4, -0.2) is 39.8 Å². The zero-order chi connectivity index (χ0) is 33.9. The molecule has 0 spiro atoms. The molecule has 48 heavy (non-hydrogen) atoms. The molecule has 9 nitrogen and oxygen atoms in total. The number of hydrogen-bond acceptors (Lipinski definition) is 7. The summed E-state index contributed by atoms with van der Waals surface area (Å²) in [6.45, 7) is 0.343. The molecule has 0 amide bonds. The van der Waals surface area contributed by atoms with Crippen molar-refractivity contribution in [3.8, 4) is 17.2 Å². The van der Waals surface area contributed by atoms with Crippen molar-refractivity contribution in [3.05, 3.63) is 123 Å². The fraction of sp³-hybridized carbons (Fsp3) is 0.147.